The first-order chi connectivity index (χ1) is 30.4. The number of hydrogen-bond acceptors (Lipinski definition) is 14. The molecule has 0 spiro atoms. The number of β-amino-alcohol motifs (C(OH)–C–C–N with tert-alkyl or cyclic N) is 1. The van der Waals surface area contributed by atoms with Gasteiger partial charge in [0.05, 0.1) is 40.5 Å². The molecule has 6 aromatic rings. The number of phenolic OH excluding ortho intramolecular Hbond substituents is 1. The Kier molecular flexibility index (Phi) is 12.0. The normalized spacial score (nSPS) is 19.4. The van der Waals surface area contributed by atoms with Gasteiger partial charge in [0.2, 0.25) is 17.7 Å². The van der Waals surface area contributed by atoms with Crippen molar-refractivity contribution in [2.24, 2.45) is 5.92 Å². The van der Waals surface area contributed by atoms with Gasteiger partial charge in [0.15, 0.2) is 11.6 Å². The number of nitrogens with one attached hydrogen (secondary N) is 1. The summed E-state index contributed by atoms with van der Waals surface area (Å²) in [6.45, 7) is 12.1. The van der Waals surface area contributed by atoms with E-state index < -0.39 is 18.1 Å². The molecule has 4 aromatic heterocycles. The zero-order chi connectivity index (χ0) is 43.9. The molecule has 3 saturated heterocycles. The number of thiazole rings is 1. The Labute approximate surface area is 373 Å². The number of phenols is 1. The van der Waals surface area contributed by atoms with Gasteiger partial charge in [-0.2, -0.15) is 0 Å². The third-order valence-corrected chi connectivity index (χ3v) is 14.7. The first kappa shape index (κ1) is 42.5. The number of para-hydroxylation sites is 1. The number of nitrogens with zero attached hydrogens (tertiary/aromatic N) is 8. The molecule has 3 fully saturated rings. The van der Waals surface area contributed by atoms with E-state index in [2.05, 4.69) is 41.5 Å². The second kappa shape index (κ2) is 17.8. The van der Waals surface area contributed by atoms with Gasteiger partial charge in [-0.1, -0.05) is 55.4 Å². The van der Waals surface area contributed by atoms with Crippen molar-refractivity contribution in [1.29, 1.82) is 0 Å². The maximum absolute atomic E-state index is 14.3. The maximum Gasteiger partial charge on any atom is 0.243 e. The van der Waals surface area contributed by atoms with E-state index in [-0.39, 0.29) is 54.3 Å². The van der Waals surface area contributed by atoms with Crippen LogP contribution in [0.4, 0.5) is 5.82 Å². The summed E-state index contributed by atoms with van der Waals surface area (Å²) in [6, 6.07) is 19.9. The molecular weight excluding hydrogens is 839 g/mol. The zero-order valence-electron chi connectivity index (χ0n) is 35.7. The number of anilines is 1. The van der Waals surface area contributed by atoms with Crippen LogP contribution in [0.15, 0.2) is 76.8 Å². The number of thiophene rings is 1. The van der Waals surface area contributed by atoms with Crippen LogP contribution in [0.3, 0.4) is 0 Å². The van der Waals surface area contributed by atoms with Crippen LogP contribution in [0.2, 0.25) is 0 Å². The lowest BCUT2D eigenvalue weighted by Crippen LogP contribution is -2.54. The Balaban J connectivity index is 0.764. The lowest BCUT2D eigenvalue weighted by Gasteiger charge is -2.41. The molecule has 4 atom stereocenters. The number of hydrogen-bond donors (Lipinski definition) is 3. The average molecular weight is 890 g/mol. The van der Waals surface area contributed by atoms with Gasteiger partial charge < -0.3 is 34.8 Å². The zero-order valence-corrected chi connectivity index (χ0v) is 37.3. The van der Waals surface area contributed by atoms with Gasteiger partial charge in [0.1, 0.15) is 22.5 Å². The second-order valence-corrected chi connectivity index (χ2v) is 19.2. The van der Waals surface area contributed by atoms with Gasteiger partial charge in [-0.15, -0.1) is 32.9 Å². The molecule has 2 aromatic carbocycles. The highest BCUT2D eigenvalue weighted by Crippen LogP contribution is 2.38. The van der Waals surface area contributed by atoms with Crippen molar-refractivity contribution in [3.05, 3.63) is 94.1 Å². The highest BCUT2D eigenvalue weighted by molar-refractivity contribution is 7.18. The van der Waals surface area contributed by atoms with Crippen LogP contribution in [-0.2, 0) is 14.4 Å². The fraction of sp³-hybridized carbons (Fsp3) is 0.413. The molecule has 3 amide bonds. The standard InChI is InChI=1S/C46H51N9O6S2/c1-26(2)42(46(60)55-23-33(56)19-36(55)44(59)48-27(3)29-9-11-30(12-10-29)43-28(4)47-25-62-43)38-20-40(51-61-38)53-15-13-52(14-16-53)24-41(58)54-21-32(22-54)39-18-31-17-35(49-50-45(31)63-39)34-7-5-6-8-37(34)57/h5-12,17-18,20,25-27,32-33,36,42,56-57H,13-16,19,21-24H2,1-4H3,(H,48,59)/t27?,33-,36+,42?/m1/s1. The minimum absolute atomic E-state index is 0.0557. The number of aliphatic hydroxyl groups is 1. The number of amides is 3. The predicted molar refractivity (Wildman–Crippen MR) is 242 cm³/mol. The van der Waals surface area contributed by atoms with E-state index >= 15 is 0 Å². The van der Waals surface area contributed by atoms with Gasteiger partial charge in [-0.3, -0.25) is 19.3 Å². The van der Waals surface area contributed by atoms with E-state index in [1.807, 2.05) is 86.6 Å². The van der Waals surface area contributed by atoms with Crippen LogP contribution >= 0.6 is 22.7 Å². The monoisotopic (exact) mass is 889 g/mol. The Morgan fingerprint density at radius 1 is 0.952 bits per heavy atom. The number of benzene rings is 2. The van der Waals surface area contributed by atoms with Crippen LogP contribution in [0.5, 0.6) is 5.75 Å². The number of aromatic nitrogens is 4. The Morgan fingerprint density at radius 3 is 2.43 bits per heavy atom. The summed E-state index contributed by atoms with van der Waals surface area (Å²) in [4.78, 5) is 56.5. The fourth-order valence-electron chi connectivity index (χ4n) is 8.87. The molecule has 3 aliphatic rings. The van der Waals surface area contributed by atoms with Gasteiger partial charge in [0, 0.05) is 80.0 Å². The van der Waals surface area contributed by atoms with Gasteiger partial charge in [-0.25, -0.2) is 4.98 Å². The summed E-state index contributed by atoms with van der Waals surface area (Å²) in [5, 5.41) is 38.2. The first-order valence-electron chi connectivity index (χ1n) is 21.5. The number of fused-ring (bicyclic) bond motifs is 1. The highest BCUT2D eigenvalue weighted by Gasteiger charge is 2.44. The molecule has 15 nitrogen and oxygen atoms in total. The van der Waals surface area contributed by atoms with Crippen molar-refractivity contribution in [3.8, 4) is 27.4 Å². The summed E-state index contributed by atoms with van der Waals surface area (Å²) >= 11 is 3.19. The molecule has 0 radical (unpaired) electrons. The fourth-order valence-corrected chi connectivity index (χ4v) is 10.7. The summed E-state index contributed by atoms with van der Waals surface area (Å²) in [5.41, 5.74) is 6.07. The number of carbonyl (C=O) groups is 3. The summed E-state index contributed by atoms with van der Waals surface area (Å²) in [7, 11) is 0. The SMILES string of the molecule is Cc1ncsc1-c1ccc(C(C)NC(=O)[C@@H]2C[C@@H](O)CN2C(=O)C(c2cc(N3CCN(CC(=O)N4CC(c5cc6cc(-c7ccccc7O)nnc6s5)C4)CC3)no2)C(C)C)cc1. The number of rotatable bonds is 12. The Hall–Kier alpha value is -5.75. The Bertz CT molecular complexity index is 2610. The molecule has 0 aliphatic carbocycles. The van der Waals surface area contributed by atoms with Crippen molar-refractivity contribution in [2.45, 2.75) is 64.1 Å². The second-order valence-electron chi connectivity index (χ2n) is 17.2. The summed E-state index contributed by atoms with van der Waals surface area (Å²) < 4.78 is 5.86. The molecule has 0 saturated carbocycles. The molecule has 7 heterocycles. The number of piperazine rings is 1. The van der Waals surface area contributed by atoms with Crippen molar-refractivity contribution in [2.75, 3.05) is 57.3 Å². The van der Waals surface area contributed by atoms with Crippen molar-refractivity contribution in [3.63, 3.8) is 0 Å². The van der Waals surface area contributed by atoms with E-state index in [9.17, 15) is 24.6 Å². The van der Waals surface area contributed by atoms with Crippen LogP contribution < -0.4 is 10.2 Å². The van der Waals surface area contributed by atoms with Gasteiger partial charge in [0.25, 0.3) is 0 Å². The van der Waals surface area contributed by atoms with Crippen LogP contribution in [0, 0.1) is 12.8 Å². The van der Waals surface area contributed by atoms with E-state index in [1.54, 1.807) is 34.8 Å². The average Bonchev–Trinajstić information content (AvgIpc) is 4.08. The van der Waals surface area contributed by atoms with Crippen LogP contribution in [0.25, 0.3) is 31.9 Å². The lowest BCUT2D eigenvalue weighted by molar-refractivity contribution is -0.141. The number of likely N-dealkylation sites (tertiary alicyclic amines) is 2. The molecule has 2 unspecified atom stereocenters. The van der Waals surface area contributed by atoms with Crippen molar-refractivity contribution >= 4 is 56.4 Å². The van der Waals surface area contributed by atoms with Crippen LogP contribution in [0.1, 0.15) is 67.0 Å². The third kappa shape index (κ3) is 8.79. The smallest absolute Gasteiger partial charge is 0.243 e. The molecule has 9 rings (SSSR count). The number of aromatic hydroxyl groups is 1. The molecule has 3 aliphatic heterocycles. The molecule has 328 valence electrons. The van der Waals surface area contributed by atoms with E-state index in [0.29, 0.717) is 68.6 Å². The predicted octanol–water partition coefficient (Wildman–Crippen LogP) is 5.81. The first-order valence-corrected chi connectivity index (χ1v) is 23.2. The third-order valence-electron chi connectivity index (χ3n) is 12.6. The molecular formula is C46H51N9O6S2. The van der Waals surface area contributed by atoms with E-state index in [4.69, 9.17) is 4.52 Å². The van der Waals surface area contributed by atoms with Gasteiger partial charge in [-0.05, 0) is 55.2 Å². The molecule has 0 bridgehead atoms. The van der Waals surface area contributed by atoms with Gasteiger partial charge >= 0.3 is 0 Å². The molecule has 63 heavy (non-hydrogen) atoms. The molecule has 17 heteroatoms. The van der Waals surface area contributed by atoms with E-state index in [1.165, 1.54) is 9.78 Å². The van der Waals surface area contributed by atoms with Crippen molar-refractivity contribution < 1.29 is 29.1 Å². The van der Waals surface area contributed by atoms with E-state index in [0.717, 1.165) is 31.9 Å². The largest absolute Gasteiger partial charge is 0.507 e. The minimum Gasteiger partial charge on any atom is -0.507 e. The maximum atomic E-state index is 14.3. The summed E-state index contributed by atoms with van der Waals surface area (Å²) in [5.74, 6) is 0.102. The quantitative estimate of drug-likeness (QED) is 0.134. The highest BCUT2D eigenvalue weighted by atomic mass is 32.1. The summed E-state index contributed by atoms with van der Waals surface area (Å²) in [6.07, 6.45) is -0.675. The lowest BCUT2D eigenvalue weighted by atomic mass is 9.91. The number of carbonyl (C=O) groups excluding carboxylic acids is 3. The Morgan fingerprint density at radius 2 is 1.71 bits per heavy atom. The number of aryl methyl sites for hydroxylation is 1. The van der Waals surface area contributed by atoms with Crippen molar-refractivity contribution in [1.82, 2.24) is 40.4 Å². The van der Waals surface area contributed by atoms with Crippen LogP contribution in [-0.4, -0.2) is 127 Å². The minimum atomic E-state index is -0.827. The topological polar surface area (TPSA) is 181 Å². The number of aliphatic hydroxyl groups excluding tert-OH is 1. The molecule has 3 N–H and O–H groups in total.